The summed E-state index contributed by atoms with van der Waals surface area (Å²) in [6.07, 6.45) is 1.41. The van der Waals surface area contributed by atoms with Gasteiger partial charge in [-0.2, -0.15) is 0 Å². The van der Waals surface area contributed by atoms with Gasteiger partial charge < -0.3 is 4.74 Å². The number of halogens is 1. The fourth-order valence-electron chi connectivity index (χ4n) is 2.20. The summed E-state index contributed by atoms with van der Waals surface area (Å²) in [5.74, 6) is 1.06. The van der Waals surface area contributed by atoms with Crippen LogP contribution in [0, 0.1) is 0 Å². The number of benzene rings is 2. The molecule has 86 valence electrons. The van der Waals surface area contributed by atoms with E-state index in [4.69, 9.17) is 4.74 Å². The van der Waals surface area contributed by atoms with E-state index in [0.717, 1.165) is 16.6 Å². The van der Waals surface area contributed by atoms with E-state index in [1.54, 1.807) is 0 Å². The van der Waals surface area contributed by atoms with Gasteiger partial charge in [0.15, 0.2) is 0 Å². The van der Waals surface area contributed by atoms with Crippen molar-refractivity contribution in [3.05, 3.63) is 54.1 Å². The molecule has 0 amide bonds. The van der Waals surface area contributed by atoms with Gasteiger partial charge in [-0.1, -0.05) is 65.1 Å². The SMILES string of the molecule is ICC1Cc2ccc(-c3ccccc3)cc2O1. The van der Waals surface area contributed by atoms with Crippen molar-refractivity contribution in [2.24, 2.45) is 0 Å². The van der Waals surface area contributed by atoms with Crippen molar-refractivity contribution in [1.82, 2.24) is 0 Å². The Balaban J connectivity index is 1.96. The summed E-state index contributed by atoms with van der Waals surface area (Å²) in [5, 5.41) is 0. The van der Waals surface area contributed by atoms with Gasteiger partial charge in [-0.05, 0) is 22.8 Å². The molecule has 0 saturated heterocycles. The van der Waals surface area contributed by atoms with Crippen LogP contribution < -0.4 is 4.74 Å². The zero-order valence-electron chi connectivity index (χ0n) is 9.40. The lowest BCUT2D eigenvalue weighted by molar-refractivity contribution is 0.262. The van der Waals surface area contributed by atoms with Gasteiger partial charge >= 0.3 is 0 Å². The van der Waals surface area contributed by atoms with E-state index in [1.807, 2.05) is 6.07 Å². The second-order valence-electron chi connectivity index (χ2n) is 4.29. The Morgan fingerprint density at radius 3 is 2.65 bits per heavy atom. The highest BCUT2D eigenvalue weighted by atomic mass is 127. The van der Waals surface area contributed by atoms with Crippen LogP contribution >= 0.6 is 22.6 Å². The van der Waals surface area contributed by atoms with Crippen LogP contribution in [-0.4, -0.2) is 10.5 Å². The van der Waals surface area contributed by atoms with Crippen LogP contribution in [0.15, 0.2) is 48.5 Å². The molecule has 2 aromatic rings. The van der Waals surface area contributed by atoms with Gasteiger partial charge in [0, 0.05) is 10.8 Å². The van der Waals surface area contributed by atoms with Gasteiger partial charge in [0.1, 0.15) is 11.9 Å². The number of ether oxygens (including phenoxy) is 1. The lowest BCUT2D eigenvalue weighted by Crippen LogP contribution is -2.13. The largest absolute Gasteiger partial charge is 0.489 e. The normalized spacial score (nSPS) is 17.6. The van der Waals surface area contributed by atoms with Crippen molar-refractivity contribution in [2.75, 3.05) is 4.43 Å². The lowest BCUT2D eigenvalue weighted by Gasteiger charge is -2.06. The topological polar surface area (TPSA) is 9.23 Å². The van der Waals surface area contributed by atoms with Gasteiger partial charge in [-0.15, -0.1) is 0 Å². The van der Waals surface area contributed by atoms with Crippen LogP contribution in [0.1, 0.15) is 5.56 Å². The molecule has 1 aliphatic rings. The van der Waals surface area contributed by atoms with Crippen LogP contribution in [0.5, 0.6) is 5.75 Å². The van der Waals surface area contributed by atoms with E-state index in [9.17, 15) is 0 Å². The highest BCUT2D eigenvalue weighted by Crippen LogP contribution is 2.33. The predicted molar refractivity (Wildman–Crippen MR) is 78.9 cm³/mol. The fourth-order valence-corrected chi connectivity index (χ4v) is 2.69. The predicted octanol–water partition coefficient (Wildman–Crippen LogP) is 4.09. The molecule has 17 heavy (non-hydrogen) atoms. The van der Waals surface area contributed by atoms with Gasteiger partial charge in [-0.3, -0.25) is 0 Å². The molecule has 0 saturated carbocycles. The van der Waals surface area contributed by atoms with E-state index in [1.165, 1.54) is 16.7 Å². The average molecular weight is 336 g/mol. The molecule has 0 spiro atoms. The van der Waals surface area contributed by atoms with Crippen LogP contribution in [-0.2, 0) is 6.42 Å². The minimum Gasteiger partial charge on any atom is -0.489 e. The minimum absolute atomic E-state index is 0.358. The Hall–Kier alpha value is -1.03. The highest BCUT2D eigenvalue weighted by Gasteiger charge is 2.21. The van der Waals surface area contributed by atoms with Gasteiger partial charge in [-0.25, -0.2) is 0 Å². The Kier molecular flexibility index (Phi) is 3.05. The number of hydrogen-bond acceptors (Lipinski definition) is 1. The zero-order valence-corrected chi connectivity index (χ0v) is 11.6. The third-order valence-electron chi connectivity index (χ3n) is 3.09. The monoisotopic (exact) mass is 336 g/mol. The summed E-state index contributed by atoms with van der Waals surface area (Å²) in [7, 11) is 0. The molecule has 1 heterocycles. The lowest BCUT2D eigenvalue weighted by atomic mass is 10.0. The first-order valence-corrected chi connectivity index (χ1v) is 7.30. The quantitative estimate of drug-likeness (QED) is 0.593. The zero-order chi connectivity index (χ0) is 11.7. The summed E-state index contributed by atoms with van der Waals surface area (Å²) in [6.45, 7) is 0. The number of alkyl halides is 1. The molecule has 0 fully saturated rings. The maximum atomic E-state index is 5.91. The molecule has 0 bridgehead atoms. The third-order valence-corrected chi connectivity index (χ3v) is 4.07. The van der Waals surface area contributed by atoms with Crippen LogP contribution in [0.4, 0.5) is 0 Å². The average Bonchev–Trinajstić information content (AvgIpc) is 2.81. The number of fused-ring (bicyclic) bond motifs is 1. The Morgan fingerprint density at radius 2 is 1.88 bits per heavy atom. The van der Waals surface area contributed by atoms with Gasteiger partial charge in [0.25, 0.3) is 0 Å². The molecule has 1 nitrogen and oxygen atoms in total. The molecule has 1 aliphatic heterocycles. The third kappa shape index (κ3) is 2.18. The molecule has 1 atom stereocenters. The standard InChI is InChI=1S/C15H13IO/c16-10-14-8-13-7-6-12(9-15(13)17-14)11-4-2-1-3-5-11/h1-7,9,14H,8,10H2. The fraction of sp³-hybridized carbons (Fsp3) is 0.200. The van der Waals surface area contributed by atoms with E-state index in [0.29, 0.717) is 6.10 Å². The smallest absolute Gasteiger partial charge is 0.123 e. The van der Waals surface area contributed by atoms with Crippen LogP contribution in [0.25, 0.3) is 11.1 Å². The van der Waals surface area contributed by atoms with Crippen molar-refractivity contribution in [2.45, 2.75) is 12.5 Å². The molecule has 0 N–H and O–H groups in total. The Labute approximate surface area is 115 Å². The van der Waals surface area contributed by atoms with Crippen LogP contribution in [0.3, 0.4) is 0 Å². The minimum atomic E-state index is 0.358. The van der Waals surface area contributed by atoms with E-state index < -0.39 is 0 Å². The van der Waals surface area contributed by atoms with E-state index in [2.05, 4.69) is 65.1 Å². The molecule has 0 radical (unpaired) electrons. The molecule has 2 heteroatoms. The van der Waals surface area contributed by atoms with E-state index >= 15 is 0 Å². The van der Waals surface area contributed by atoms with Crippen molar-refractivity contribution in [3.8, 4) is 16.9 Å². The molecular formula is C15H13IO. The molecule has 0 aliphatic carbocycles. The number of hydrogen-bond donors (Lipinski definition) is 0. The summed E-state index contributed by atoms with van der Waals surface area (Å²) in [5.41, 5.74) is 3.82. The highest BCUT2D eigenvalue weighted by molar-refractivity contribution is 14.1. The molecule has 2 aromatic carbocycles. The Morgan fingerprint density at radius 1 is 1.06 bits per heavy atom. The summed E-state index contributed by atoms with van der Waals surface area (Å²) in [6, 6.07) is 17.0. The van der Waals surface area contributed by atoms with Gasteiger partial charge in [0.05, 0.1) is 0 Å². The molecule has 0 aromatic heterocycles. The number of rotatable bonds is 2. The summed E-state index contributed by atoms with van der Waals surface area (Å²) >= 11 is 2.38. The maximum Gasteiger partial charge on any atom is 0.123 e. The van der Waals surface area contributed by atoms with Crippen molar-refractivity contribution < 1.29 is 4.74 Å². The van der Waals surface area contributed by atoms with Crippen molar-refractivity contribution in [3.63, 3.8) is 0 Å². The molecule has 3 rings (SSSR count). The van der Waals surface area contributed by atoms with Crippen LogP contribution in [0.2, 0.25) is 0 Å². The summed E-state index contributed by atoms with van der Waals surface area (Å²) in [4.78, 5) is 0. The first kappa shape index (κ1) is 11.1. The van der Waals surface area contributed by atoms with Crippen molar-refractivity contribution in [1.29, 1.82) is 0 Å². The first-order valence-electron chi connectivity index (χ1n) is 5.78. The molecular weight excluding hydrogens is 323 g/mol. The Bertz CT molecular complexity index is 522. The summed E-state index contributed by atoms with van der Waals surface area (Å²) < 4.78 is 6.96. The van der Waals surface area contributed by atoms with E-state index in [-0.39, 0.29) is 0 Å². The van der Waals surface area contributed by atoms with Crippen molar-refractivity contribution >= 4 is 22.6 Å². The maximum absolute atomic E-state index is 5.91. The second-order valence-corrected chi connectivity index (χ2v) is 5.17. The first-order chi connectivity index (χ1) is 8.36. The molecule has 1 unspecified atom stereocenters. The van der Waals surface area contributed by atoms with Gasteiger partial charge in [0.2, 0.25) is 0 Å². The second kappa shape index (κ2) is 4.69.